The van der Waals surface area contributed by atoms with E-state index < -0.39 is 0 Å². The van der Waals surface area contributed by atoms with Crippen LogP contribution >= 0.6 is 0 Å². The summed E-state index contributed by atoms with van der Waals surface area (Å²) in [6.07, 6.45) is 4.10. The molecular formula is C8H17O. The Kier molecular flexibility index (Phi) is 6.06. The van der Waals surface area contributed by atoms with Gasteiger partial charge in [0.15, 0.2) is 0 Å². The molecule has 0 aliphatic rings. The average Bonchev–Trinajstić information content (AvgIpc) is 1.85. The minimum Gasteiger partial charge on any atom is -0.379 e. The zero-order valence-corrected chi connectivity index (χ0v) is 6.52. The van der Waals surface area contributed by atoms with Gasteiger partial charge in [-0.1, -0.05) is 19.8 Å². The van der Waals surface area contributed by atoms with Crippen molar-refractivity contribution in [2.45, 2.75) is 39.2 Å². The van der Waals surface area contributed by atoms with Crippen molar-refractivity contribution in [1.29, 1.82) is 0 Å². The van der Waals surface area contributed by atoms with Crippen molar-refractivity contribution in [3.63, 3.8) is 0 Å². The molecule has 0 aromatic heterocycles. The number of rotatable bonds is 5. The summed E-state index contributed by atoms with van der Waals surface area (Å²) in [6, 6.07) is 0. The van der Waals surface area contributed by atoms with Crippen LogP contribution in [0.4, 0.5) is 0 Å². The van der Waals surface area contributed by atoms with E-state index in [0.717, 1.165) is 0 Å². The fourth-order valence-electron chi connectivity index (χ4n) is 0.776. The average molecular weight is 129 g/mol. The maximum absolute atomic E-state index is 5.23. The molecule has 1 radical (unpaired) electrons. The van der Waals surface area contributed by atoms with Gasteiger partial charge in [0, 0.05) is 6.61 Å². The normalized spacial score (nSPS) is 13.7. The molecule has 0 rings (SSSR count). The van der Waals surface area contributed by atoms with E-state index in [1.54, 1.807) is 0 Å². The van der Waals surface area contributed by atoms with Gasteiger partial charge in [-0.05, 0) is 20.3 Å². The zero-order valence-electron chi connectivity index (χ0n) is 6.52. The molecule has 1 unspecified atom stereocenters. The van der Waals surface area contributed by atoms with Gasteiger partial charge in [-0.2, -0.15) is 0 Å². The predicted molar refractivity (Wildman–Crippen MR) is 40.3 cm³/mol. The van der Waals surface area contributed by atoms with E-state index in [1.165, 1.54) is 19.3 Å². The summed E-state index contributed by atoms with van der Waals surface area (Å²) in [5, 5.41) is 0. The largest absolute Gasteiger partial charge is 0.379 e. The Morgan fingerprint density at radius 3 is 2.67 bits per heavy atom. The molecule has 0 saturated heterocycles. The molecular weight excluding hydrogens is 112 g/mol. The Hall–Kier alpha value is -0.0400. The van der Waals surface area contributed by atoms with Crippen LogP contribution in [0.2, 0.25) is 0 Å². The fraction of sp³-hybridized carbons (Fsp3) is 0.875. The summed E-state index contributed by atoms with van der Waals surface area (Å²) >= 11 is 0. The SMILES string of the molecule is [CH2]COC(C)CCCC. The van der Waals surface area contributed by atoms with E-state index >= 15 is 0 Å². The summed E-state index contributed by atoms with van der Waals surface area (Å²) in [4.78, 5) is 0. The van der Waals surface area contributed by atoms with Gasteiger partial charge in [-0.25, -0.2) is 0 Å². The van der Waals surface area contributed by atoms with Gasteiger partial charge in [0.1, 0.15) is 0 Å². The summed E-state index contributed by atoms with van der Waals surface area (Å²) in [6.45, 7) is 8.50. The Balaban J connectivity index is 2.95. The van der Waals surface area contributed by atoms with Crippen LogP contribution in [0.25, 0.3) is 0 Å². The molecule has 0 aromatic rings. The number of hydrogen-bond donors (Lipinski definition) is 0. The highest BCUT2D eigenvalue weighted by Crippen LogP contribution is 2.02. The number of unbranched alkanes of at least 4 members (excludes halogenated alkanes) is 1. The van der Waals surface area contributed by atoms with Gasteiger partial charge in [0.25, 0.3) is 0 Å². The molecule has 55 valence electrons. The first-order chi connectivity index (χ1) is 4.31. The molecule has 0 aliphatic heterocycles. The number of ether oxygens (including phenoxy) is 1. The van der Waals surface area contributed by atoms with Crippen molar-refractivity contribution in [3.8, 4) is 0 Å². The van der Waals surface area contributed by atoms with Crippen LogP contribution in [-0.4, -0.2) is 12.7 Å². The van der Waals surface area contributed by atoms with Crippen LogP contribution in [0.3, 0.4) is 0 Å². The van der Waals surface area contributed by atoms with Crippen LogP contribution in [0, 0.1) is 6.92 Å². The molecule has 0 aromatic carbocycles. The molecule has 0 heterocycles. The second-order valence-electron chi connectivity index (χ2n) is 2.32. The molecule has 1 nitrogen and oxygen atoms in total. The van der Waals surface area contributed by atoms with Crippen LogP contribution in [0.15, 0.2) is 0 Å². The Labute approximate surface area is 58.4 Å². The lowest BCUT2D eigenvalue weighted by Crippen LogP contribution is -2.06. The maximum atomic E-state index is 5.23. The molecule has 0 amide bonds. The van der Waals surface area contributed by atoms with Crippen LogP contribution in [-0.2, 0) is 4.74 Å². The third kappa shape index (κ3) is 5.84. The van der Waals surface area contributed by atoms with Gasteiger partial charge in [0.05, 0.1) is 6.10 Å². The molecule has 0 spiro atoms. The summed E-state index contributed by atoms with van der Waals surface area (Å²) in [7, 11) is 0. The smallest absolute Gasteiger partial charge is 0.0547 e. The van der Waals surface area contributed by atoms with E-state index in [-0.39, 0.29) is 0 Å². The topological polar surface area (TPSA) is 9.23 Å². The van der Waals surface area contributed by atoms with Gasteiger partial charge in [-0.3, -0.25) is 0 Å². The predicted octanol–water partition coefficient (Wildman–Crippen LogP) is 2.42. The van der Waals surface area contributed by atoms with E-state index in [9.17, 15) is 0 Å². The molecule has 0 aliphatic carbocycles. The molecule has 1 heteroatoms. The van der Waals surface area contributed by atoms with Gasteiger partial charge >= 0.3 is 0 Å². The Morgan fingerprint density at radius 1 is 1.56 bits per heavy atom. The Bertz CT molecular complexity index is 52.5. The lowest BCUT2D eigenvalue weighted by molar-refractivity contribution is 0.0791. The highest BCUT2D eigenvalue weighted by molar-refractivity contribution is 4.49. The molecule has 9 heavy (non-hydrogen) atoms. The minimum atomic E-state index is 0.405. The van der Waals surface area contributed by atoms with E-state index in [1.807, 2.05) is 0 Å². The molecule has 0 saturated carbocycles. The van der Waals surface area contributed by atoms with E-state index in [2.05, 4.69) is 20.8 Å². The summed E-state index contributed by atoms with van der Waals surface area (Å²) in [5.74, 6) is 0. The quantitative estimate of drug-likeness (QED) is 0.554. The van der Waals surface area contributed by atoms with Crippen molar-refractivity contribution in [1.82, 2.24) is 0 Å². The van der Waals surface area contributed by atoms with Crippen LogP contribution < -0.4 is 0 Å². The minimum absolute atomic E-state index is 0.405. The second kappa shape index (κ2) is 6.09. The lowest BCUT2D eigenvalue weighted by atomic mass is 10.2. The van der Waals surface area contributed by atoms with Gasteiger partial charge in [-0.15, -0.1) is 0 Å². The maximum Gasteiger partial charge on any atom is 0.0547 e. The second-order valence-corrected chi connectivity index (χ2v) is 2.32. The van der Waals surface area contributed by atoms with Crippen molar-refractivity contribution < 1.29 is 4.74 Å². The van der Waals surface area contributed by atoms with Crippen molar-refractivity contribution in [2.24, 2.45) is 0 Å². The first-order valence-corrected chi connectivity index (χ1v) is 3.72. The lowest BCUT2D eigenvalue weighted by Gasteiger charge is -2.09. The fourth-order valence-corrected chi connectivity index (χ4v) is 0.776. The molecule has 0 bridgehead atoms. The zero-order chi connectivity index (χ0) is 7.11. The standard InChI is InChI=1S/C8H17O/c1-4-6-7-8(3)9-5-2/h8H,2,4-7H2,1,3H3. The van der Waals surface area contributed by atoms with Gasteiger partial charge < -0.3 is 4.74 Å². The van der Waals surface area contributed by atoms with Crippen molar-refractivity contribution >= 4 is 0 Å². The van der Waals surface area contributed by atoms with Gasteiger partial charge in [0.2, 0.25) is 0 Å². The highest BCUT2D eigenvalue weighted by atomic mass is 16.5. The highest BCUT2D eigenvalue weighted by Gasteiger charge is 1.97. The first-order valence-electron chi connectivity index (χ1n) is 3.72. The summed E-state index contributed by atoms with van der Waals surface area (Å²) in [5.41, 5.74) is 0. The van der Waals surface area contributed by atoms with Crippen LogP contribution in [0.1, 0.15) is 33.1 Å². The number of hydrogen-bond acceptors (Lipinski definition) is 1. The van der Waals surface area contributed by atoms with Crippen molar-refractivity contribution in [2.75, 3.05) is 6.61 Å². The Morgan fingerprint density at radius 2 is 2.22 bits per heavy atom. The van der Waals surface area contributed by atoms with Crippen molar-refractivity contribution in [3.05, 3.63) is 6.92 Å². The molecule has 0 N–H and O–H groups in total. The molecule has 0 fully saturated rings. The third-order valence-electron chi connectivity index (χ3n) is 1.37. The third-order valence-corrected chi connectivity index (χ3v) is 1.37. The monoisotopic (exact) mass is 129 g/mol. The van der Waals surface area contributed by atoms with Crippen LogP contribution in [0.5, 0.6) is 0 Å². The molecule has 1 atom stereocenters. The first kappa shape index (κ1) is 8.96. The summed E-state index contributed by atoms with van der Waals surface area (Å²) < 4.78 is 5.23. The van der Waals surface area contributed by atoms with E-state index in [4.69, 9.17) is 4.74 Å². The van der Waals surface area contributed by atoms with E-state index in [0.29, 0.717) is 12.7 Å².